The van der Waals surface area contributed by atoms with Gasteiger partial charge in [0.25, 0.3) is 0 Å². The van der Waals surface area contributed by atoms with Crippen LogP contribution in [0.1, 0.15) is 67.9 Å². The van der Waals surface area contributed by atoms with E-state index in [4.69, 9.17) is 9.47 Å². The van der Waals surface area contributed by atoms with E-state index >= 15 is 0 Å². The highest BCUT2D eigenvalue weighted by atomic mass is 16.6. The first-order valence-electron chi connectivity index (χ1n) is 9.96. The van der Waals surface area contributed by atoms with Gasteiger partial charge in [0, 0.05) is 11.0 Å². The van der Waals surface area contributed by atoms with Crippen molar-refractivity contribution in [2.24, 2.45) is 0 Å². The van der Waals surface area contributed by atoms with Gasteiger partial charge >= 0.3 is 17.9 Å². The lowest BCUT2D eigenvalue weighted by atomic mass is 9.77. The number of carbonyl (C=O) groups is 3. The van der Waals surface area contributed by atoms with Crippen LogP contribution < -0.4 is 4.74 Å². The molecule has 1 unspecified atom stereocenters. The van der Waals surface area contributed by atoms with E-state index in [1.807, 2.05) is 44.2 Å². The molecule has 7 heteroatoms. The van der Waals surface area contributed by atoms with Crippen LogP contribution in [-0.4, -0.2) is 23.0 Å². The molecule has 2 aliphatic heterocycles. The van der Waals surface area contributed by atoms with Crippen LogP contribution in [0.2, 0.25) is 0 Å². The van der Waals surface area contributed by atoms with E-state index in [1.54, 1.807) is 24.3 Å². The first-order chi connectivity index (χ1) is 15.2. The first kappa shape index (κ1) is 20.0. The molecule has 3 aromatic carbocycles. The summed E-state index contributed by atoms with van der Waals surface area (Å²) < 4.78 is 15.3. The van der Waals surface area contributed by atoms with Gasteiger partial charge in [-0.2, -0.15) is 0 Å². The van der Waals surface area contributed by atoms with Crippen molar-refractivity contribution < 1.29 is 33.7 Å². The molecule has 0 radical (unpaired) electrons. The van der Waals surface area contributed by atoms with Crippen molar-refractivity contribution in [1.29, 1.82) is 0 Å². The van der Waals surface area contributed by atoms with Crippen molar-refractivity contribution in [3.63, 3.8) is 0 Å². The number of hydrogen-bond donors (Lipinski definition) is 1. The summed E-state index contributed by atoms with van der Waals surface area (Å²) in [5, 5.41) is 9.69. The quantitative estimate of drug-likeness (QED) is 0.487. The summed E-state index contributed by atoms with van der Waals surface area (Å²) >= 11 is 0. The molecule has 0 saturated heterocycles. The van der Waals surface area contributed by atoms with Gasteiger partial charge in [0.2, 0.25) is 6.29 Å². The third-order valence-electron chi connectivity index (χ3n) is 5.91. The summed E-state index contributed by atoms with van der Waals surface area (Å²) in [6, 6.07) is 17.4. The molecule has 0 amide bonds. The molecule has 0 aliphatic carbocycles. The molecule has 160 valence electrons. The summed E-state index contributed by atoms with van der Waals surface area (Å²) in [7, 11) is 0. The van der Waals surface area contributed by atoms with Crippen LogP contribution in [-0.2, 0) is 14.9 Å². The maximum atomic E-state index is 11.9. The van der Waals surface area contributed by atoms with Crippen molar-refractivity contribution in [3.8, 4) is 11.5 Å². The van der Waals surface area contributed by atoms with Gasteiger partial charge in [-0.05, 0) is 53.6 Å². The Kier molecular flexibility index (Phi) is 4.39. The van der Waals surface area contributed by atoms with Gasteiger partial charge in [0.05, 0.1) is 16.7 Å². The third-order valence-corrected chi connectivity index (χ3v) is 5.91. The average molecular weight is 430 g/mol. The Balaban J connectivity index is 1.39. The number of hydrogen-bond acceptors (Lipinski definition) is 7. The molecular weight excluding hydrogens is 412 g/mol. The Morgan fingerprint density at radius 2 is 1.41 bits per heavy atom. The van der Waals surface area contributed by atoms with Crippen LogP contribution in [0.3, 0.4) is 0 Å². The Bertz CT molecular complexity index is 1290. The molecule has 5 rings (SSSR count). The predicted molar refractivity (Wildman–Crippen MR) is 112 cm³/mol. The smallest absolute Gasteiger partial charge is 0.346 e. The number of benzene rings is 3. The van der Waals surface area contributed by atoms with Crippen LogP contribution in [0.15, 0.2) is 60.7 Å². The number of fused-ring (bicyclic) bond motifs is 2. The molecule has 0 bridgehead atoms. The normalized spacial score (nSPS) is 17.0. The Morgan fingerprint density at radius 3 is 2.16 bits per heavy atom. The lowest BCUT2D eigenvalue weighted by Crippen LogP contribution is -2.19. The standard InChI is InChI=1S/C25H18O7/c1-25(2,14-5-9-17-19(11-14)23(28)31-21(17)26)13-3-6-15(7-4-13)30-16-8-10-18-20(12-16)24(29)32-22(18)27/h3-12,22,27H,1-2H3. The zero-order valence-corrected chi connectivity index (χ0v) is 17.2. The summed E-state index contributed by atoms with van der Waals surface area (Å²) in [6.45, 7) is 4.04. The molecule has 1 N–H and O–H groups in total. The van der Waals surface area contributed by atoms with E-state index in [-0.39, 0.29) is 16.7 Å². The second-order valence-electron chi connectivity index (χ2n) is 8.20. The maximum Gasteiger partial charge on any atom is 0.346 e. The second-order valence-corrected chi connectivity index (χ2v) is 8.20. The highest BCUT2D eigenvalue weighted by molar-refractivity contribution is 6.14. The summed E-state index contributed by atoms with van der Waals surface area (Å²) in [4.78, 5) is 35.4. The molecular formula is C25H18O7. The molecule has 7 nitrogen and oxygen atoms in total. The van der Waals surface area contributed by atoms with Crippen molar-refractivity contribution in [1.82, 2.24) is 0 Å². The summed E-state index contributed by atoms with van der Waals surface area (Å²) in [6.07, 6.45) is -1.24. The summed E-state index contributed by atoms with van der Waals surface area (Å²) in [5.74, 6) is -0.819. The topological polar surface area (TPSA) is 99.1 Å². The van der Waals surface area contributed by atoms with Gasteiger partial charge in [-0.1, -0.05) is 32.0 Å². The molecule has 0 fully saturated rings. The minimum Gasteiger partial charge on any atom is -0.457 e. The van der Waals surface area contributed by atoms with Crippen LogP contribution in [0.25, 0.3) is 0 Å². The van der Waals surface area contributed by atoms with E-state index < -0.39 is 29.6 Å². The number of aliphatic hydroxyl groups is 1. The van der Waals surface area contributed by atoms with Crippen molar-refractivity contribution in [2.75, 3.05) is 0 Å². The van der Waals surface area contributed by atoms with Crippen molar-refractivity contribution in [3.05, 3.63) is 94.0 Å². The molecule has 2 aliphatic rings. The molecule has 2 heterocycles. The fourth-order valence-electron chi connectivity index (χ4n) is 3.94. The van der Waals surface area contributed by atoms with E-state index in [1.165, 1.54) is 6.07 Å². The number of carbonyl (C=O) groups excluding carboxylic acids is 3. The molecule has 3 aromatic rings. The van der Waals surface area contributed by atoms with Crippen LogP contribution >= 0.6 is 0 Å². The molecule has 32 heavy (non-hydrogen) atoms. The van der Waals surface area contributed by atoms with Gasteiger partial charge in [-0.3, -0.25) is 0 Å². The van der Waals surface area contributed by atoms with E-state index in [0.29, 0.717) is 17.1 Å². The Labute approximate surface area is 183 Å². The fraction of sp³-hybridized carbons (Fsp3) is 0.160. The summed E-state index contributed by atoms with van der Waals surface area (Å²) in [5.41, 5.74) is 2.65. The monoisotopic (exact) mass is 430 g/mol. The lowest BCUT2D eigenvalue weighted by molar-refractivity contribution is -0.0547. The Morgan fingerprint density at radius 1 is 0.750 bits per heavy atom. The van der Waals surface area contributed by atoms with Gasteiger partial charge < -0.3 is 19.3 Å². The largest absolute Gasteiger partial charge is 0.457 e. The van der Waals surface area contributed by atoms with Crippen molar-refractivity contribution >= 4 is 17.9 Å². The maximum absolute atomic E-state index is 11.9. The number of rotatable bonds is 4. The van der Waals surface area contributed by atoms with Gasteiger partial charge in [-0.25, -0.2) is 14.4 Å². The molecule has 0 aromatic heterocycles. The lowest BCUT2D eigenvalue weighted by Gasteiger charge is -2.26. The van der Waals surface area contributed by atoms with E-state index in [0.717, 1.165) is 11.1 Å². The molecule has 0 spiro atoms. The number of aliphatic hydroxyl groups excluding tert-OH is 1. The zero-order valence-electron chi connectivity index (χ0n) is 17.2. The van der Waals surface area contributed by atoms with Crippen LogP contribution in [0, 0.1) is 0 Å². The molecule has 0 saturated carbocycles. The SMILES string of the molecule is CC(C)(c1ccc(Oc2ccc3c(c2)C(=O)OC3O)cc1)c1ccc2c(c1)C(=O)OC2=O. The Hall–Kier alpha value is -3.97. The fourth-order valence-corrected chi connectivity index (χ4v) is 3.94. The minimum absolute atomic E-state index is 0.279. The first-order valence-corrected chi connectivity index (χ1v) is 9.96. The average Bonchev–Trinajstić information content (AvgIpc) is 3.22. The zero-order chi connectivity index (χ0) is 22.6. The highest BCUT2D eigenvalue weighted by Crippen LogP contribution is 2.36. The van der Waals surface area contributed by atoms with Gasteiger partial charge in [0.1, 0.15) is 11.5 Å². The van der Waals surface area contributed by atoms with E-state index in [2.05, 4.69) is 4.74 Å². The van der Waals surface area contributed by atoms with E-state index in [9.17, 15) is 19.5 Å². The highest BCUT2D eigenvalue weighted by Gasteiger charge is 2.33. The number of ether oxygens (including phenoxy) is 3. The second kappa shape index (κ2) is 7.03. The predicted octanol–water partition coefficient (Wildman–Crippen LogP) is 4.28. The molecule has 1 atom stereocenters. The number of esters is 3. The van der Waals surface area contributed by atoms with Gasteiger partial charge in [-0.15, -0.1) is 0 Å². The van der Waals surface area contributed by atoms with Crippen LogP contribution in [0.5, 0.6) is 11.5 Å². The van der Waals surface area contributed by atoms with Crippen LogP contribution in [0.4, 0.5) is 0 Å². The third kappa shape index (κ3) is 3.14. The number of cyclic esters (lactones) is 3. The van der Waals surface area contributed by atoms with Gasteiger partial charge in [0.15, 0.2) is 0 Å². The minimum atomic E-state index is -1.24. The van der Waals surface area contributed by atoms with Crippen molar-refractivity contribution in [2.45, 2.75) is 25.6 Å².